The zero-order valence-corrected chi connectivity index (χ0v) is 29.5. The van der Waals surface area contributed by atoms with Gasteiger partial charge in [-0.05, 0) is 89.3 Å². The van der Waals surface area contributed by atoms with Gasteiger partial charge in [0.1, 0.15) is 0 Å². The quantitative estimate of drug-likeness (QED) is 0.169. The van der Waals surface area contributed by atoms with Gasteiger partial charge in [0.25, 0.3) is 0 Å². The van der Waals surface area contributed by atoms with Crippen LogP contribution in [0.3, 0.4) is 0 Å². The summed E-state index contributed by atoms with van der Waals surface area (Å²) in [6, 6.07) is 63.6. The van der Waals surface area contributed by atoms with E-state index in [4.69, 9.17) is 6.57 Å². The summed E-state index contributed by atoms with van der Waals surface area (Å²) in [5, 5.41) is 17.1. The average molecular weight is 700 g/mol. The Morgan fingerprint density at radius 3 is 1.55 bits per heavy atom. The summed E-state index contributed by atoms with van der Waals surface area (Å²) in [6.45, 7) is 7.82. The molecule has 0 saturated heterocycles. The van der Waals surface area contributed by atoms with Crippen molar-refractivity contribution >= 4 is 71.1 Å². The number of para-hydroxylation sites is 4. The summed E-state index contributed by atoms with van der Waals surface area (Å²) < 4.78 is 6.92. The molecule has 0 N–H and O–H groups in total. The first kappa shape index (κ1) is 30.7. The lowest BCUT2D eigenvalue weighted by Gasteiger charge is -2.13. The number of hydrogen-bond donors (Lipinski definition) is 0. The van der Waals surface area contributed by atoms with Crippen LogP contribution in [0.15, 0.2) is 176 Å². The van der Waals surface area contributed by atoms with E-state index in [1.165, 1.54) is 10.8 Å². The van der Waals surface area contributed by atoms with Crippen molar-refractivity contribution in [2.24, 2.45) is 0 Å². The summed E-state index contributed by atoms with van der Waals surface area (Å²) >= 11 is 0. The highest BCUT2D eigenvalue weighted by molar-refractivity contribution is 6.17. The van der Waals surface area contributed by atoms with Gasteiger partial charge < -0.3 is 13.7 Å². The Hall–Kier alpha value is -7.86. The van der Waals surface area contributed by atoms with Gasteiger partial charge in [-0.25, -0.2) is 4.85 Å². The topological polar surface area (TPSA) is 42.9 Å². The maximum Gasteiger partial charge on any atom is 0.197 e. The van der Waals surface area contributed by atoms with Crippen LogP contribution in [0.4, 0.5) is 5.69 Å². The second-order valence-electron chi connectivity index (χ2n) is 14.0. The minimum Gasteiger partial charge on any atom is -0.311 e. The van der Waals surface area contributed by atoms with Crippen molar-refractivity contribution in [3.05, 3.63) is 193 Å². The molecular formula is C50H29N5. The predicted octanol–water partition coefficient (Wildman–Crippen LogP) is 13.1. The number of benzene rings is 8. The van der Waals surface area contributed by atoms with Crippen molar-refractivity contribution in [1.29, 1.82) is 5.26 Å². The van der Waals surface area contributed by atoms with E-state index in [-0.39, 0.29) is 0 Å². The molecule has 0 bridgehead atoms. The predicted molar refractivity (Wildman–Crippen MR) is 226 cm³/mol. The fourth-order valence-electron chi connectivity index (χ4n) is 8.79. The molecule has 5 heteroatoms. The first-order valence-corrected chi connectivity index (χ1v) is 18.3. The maximum absolute atomic E-state index is 10.4. The molecule has 11 rings (SSSR count). The zero-order valence-electron chi connectivity index (χ0n) is 29.5. The molecule has 0 aliphatic heterocycles. The fraction of sp³-hybridized carbons (Fsp3) is 0. The third kappa shape index (κ3) is 4.45. The third-order valence-corrected chi connectivity index (χ3v) is 11.1. The van der Waals surface area contributed by atoms with Crippen LogP contribution >= 0.6 is 0 Å². The second kappa shape index (κ2) is 11.8. The fourth-order valence-corrected chi connectivity index (χ4v) is 8.79. The van der Waals surface area contributed by atoms with Crippen molar-refractivity contribution < 1.29 is 0 Å². The molecule has 55 heavy (non-hydrogen) atoms. The summed E-state index contributed by atoms with van der Waals surface area (Å²) in [5.74, 6) is 0. The van der Waals surface area contributed by atoms with Crippen LogP contribution < -0.4 is 0 Å². The van der Waals surface area contributed by atoms with Crippen molar-refractivity contribution in [3.63, 3.8) is 0 Å². The van der Waals surface area contributed by atoms with Gasteiger partial charge in [-0.1, -0.05) is 103 Å². The van der Waals surface area contributed by atoms with Crippen molar-refractivity contribution in [3.8, 4) is 34.3 Å². The molecule has 11 aromatic rings. The highest BCUT2D eigenvalue weighted by Gasteiger charge is 2.20. The smallest absolute Gasteiger partial charge is 0.197 e. The highest BCUT2D eigenvalue weighted by atomic mass is 15.0. The molecule has 3 heterocycles. The number of aromatic nitrogens is 3. The maximum atomic E-state index is 10.4. The lowest BCUT2D eigenvalue weighted by Crippen LogP contribution is -1.98. The number of nitrogens with zero attached hydrogens (tertiary/aromatic N) is 5. The van der Waals surface area contributed by atoms with Gasteiger partial charge in [0.05, 0.1) is 51.5 Å². The van der Waals surface area contributed by atoms with E-state index in [0.717, 1.165) is 82.8 Å². The Balaban J connectivity index is 1.10. The van der Waals surface area contributed by atoms with Gasteiger partial charge in [0, 0.05) is 43.8 Å². The molecule has 254 valence electrons. The molecule has 0 aliphatic carbocycles. The number of rotatable bonds is 4. The minimum absolute atomic E-state index is 0.593. The molecule has 0 aliphatic rings. The van der Waals surface area contributed by atoms with Gasteiger partial charge in [-0.3, -0.25) is 0 Å². The average Bonchev–Trinajstić information content (AvgIpc) is 3.89. The van der Waals surface area contributed by atoms with Crippen molar-refractivity contribution in [2.75, 3.05) is 0 Å². The first-order valence-electron chi connectivity index (χ1n) is 18.3. The van der Waals surface area contributed by atoms with Gasteiger partial charge in [-0.2, -0.15) is 5.26 Å². The molecule has 0 saturated carbocycles. The second-order valence-corrected chi connectivity index (χ2v) is 14.0. The van der Waals surface area contributed by atoms with E-state index in [1.54, 1.807) is 0 Å². The molecule has 3 aromatic heterocycles. The molecule has 0 radical (unpaired) electrons. The molecule has 8 aromatic carbocycles. The summed E-state index contributed by atoms with van der Waals surface area (Å²) in [6.07, 6.45) is 0. The Labute approximate surface area is 316 Å². The molecule has 0 unspecified atom stereocenters. The number of fused-ring (bicyclic) bond motifs is 9. The zero-order chi connectivity index (χ0) is 36.6. The van der Waals surface area contributed by atoms with Crippen LogP contribution in [-0.4, -0.2) is 13.7 Å². The van der Waals surface area contributed by atoms with Gasteiger partial charge in [0.15, 0.2) is 5.69 Å². The van der Waals surface area contributed by atoms with Crippen molar-refractivity contribution in [1.82, 2.24) is 13.7 Å². The number of nitriles is 1. The lowest BCUT2D eigenvalue weighted by molar-refractivity contribution is 1.17. The van der Waals surface area contributed by atoms with E-state index >= 15 is 0 Å². The van der Waals surface area contributed by atoms with Crippen LogP contribution in [0, 0.1) is 17.9 Å². The summed E-state index contributed by atoms with van der Waals surface area (Å²) in [7, 11) is 0. The molecule has 0 amide bonds. The van der Waals surface area contributed by atoms with Crippen LogP contribution in [0.5, 0.6) is 0 Å². The Morgan fingerprint density at radius 2 is 0.927 bits per heavy atom. The standard InChI is InChI=1S/C50H29N5/c1-52-41-16-10-21-46-49(41)39-14-4-8-19-44(39)53(46)35-26-24-33(25-27-35)34-28-32(31-51)29-36(30-34)54-45-20-9-5-15-40(45)50-47(54)22-11-23-48(50)55-42-17-6-2-12-37(42)38-13-3-7-18-43(38)55/h2-30H. The van der Waals surface area contributed by atoms with Crippen molar-refractivity contribution in [2.45, 2.75) is 0 Å². The van der Waals surface area contributed by atoms with Crippen LogP contribution in [0.2, 0.25) is 0 Å². The monoisotopic (exact) mass is 699 g/mol. The molecule has 0 atom stereocenters. The molecule has 0 fully saturated rings. The van der Waals surface area contributed by atoms with Crippen LogP contribution in [0.1, 0.15) is 5.56 Å². The van der Waals surface area contributed by atoms with E-state index in [9.17, 15) is 5.26 Å². The van der Waals surface area contributed by atoms with Gasteiger partial charge in [-0.15, -0.1) is 0 Å². The first-order chi connectivity index (χ1) is 27.2. The van der Waals surface area contributed by atoms with Crippen LogP contribution in [0.25, 0.3) is 98.5 Å². The van der Waals surface area contributed by atoms with Gasteiger partial charge >= 0.3 is 0 Å². The SMILES string of the molecule is [C-]#[N+]c1cccc2c1c1ccccc1n2-c1ccc(-c2cc(C#N)cc(-n3c4ccccc4c4c(-n5c6ccccc6c6ccccc65)cccc43)c2)cc1. The normalized spacial score (nSPS) is 11.6. The third-order valence-electron chi connectivity index (χ3n) is 11.1. The lowest BCUT2D eigenvalue weighted by atomic mass is 10.0. The highest BCUT2D eigenvalue weighted by Crippen LogP contribution is 2.41. The van der Waals surface area contributed by atoms with E-state index in [2.05, 4.69) is 164 Å². The van der Waals surface area contributed by atoms with Gasteiger partial charge in [0.2, 0.25) is 0 Å². The van der Waals surface area contributed by atoms with E-state index < -0.39 is 0 Å². The largest absolute Gasteiger partial charge is 0.311 e. The Bertz CT molecular complexity index is 3400. The Morgan fingerprint density at radius 1 is 0.418 bits per heavy atom. The molecule has 5 nitrogen and oxygen atoms in total. The number of hydrogen-bond acceptors (Lipinski definition) is 1. The van der Waals surface area contributed by atoms with E-state index in [1.807, 2.05) is 36.4 Å². The molecule has 0 spiro atoms. The summed E-state index contributed by atoms with van der Waals surface area (Å²) in [5.41, 5.74) is 12.8. The summed E-state index contributed by atoms with van der Waals surface area (Å²) in [4.78, 5) is 3.84. The molecular weight excluding hydrogens is 671 g/mol. The minimum atomic E-state index is 0.593. The Kier molecular flexibility index (Phi) is 6.61. The van der Waals surface area contributed by atoms with E-state index in [0.29, 0.717) is 11.3 Å². The van der Waals surface area contributed by atoms with Crippen LogP contribution in [-0.2, 0) is 0 Å².